The van der Waals surface area contributed by atoms with Gasteiger partial charge in [-0.25, -0.2) is 0 Å². The summed E-state index contributed by atoms with van der Waals surface area (Å²) in [6.45, 7) is 17.7. The van der Waals surface area contributed by atoms with Crippen LogP contribution >= 0.6 is 7.92 Å². The van der Waals surface area contributed by atoms with Crippen molar-refractivity contribution in [1.82, 2.24) is 0 Å². The minimum Gasteiger partial charge on any atom is -0.325 e. The summed E-state index contributed by atoms with van der Waals surface area (Å²) in [5.41, 5.74) is 6.92. The minimum absolute atomic E-state index is 0.110. The SMILES string of the molecule is CC(=NCCP(c1ccccc1)c1ccccc1)[C@@H](C(=O)Nc1ccc(C(C)C)cc1)C(C)=Nc1c(C(C)C)cccc1C(C)C. The van der Waals surface area contributed by atoms with Crippen LogP contribution in [0, 0.1) is 5.92 Å². The molecular formula is C41H50N3OP. The Kier molecular flexibility index (Phi) is 12.6. The van der Waals surface area contributed by atoms with Crippen LogP contribution in [0.4, 0.5) is 11.4 Å². The first-order chi connectivity index (χ1) is 22.1. The van der Waals surface area contributed by atoms with Gasteiger partial charge in [0.1, 0.15) is 5.92 Å². The number of hydrogen-bond donors (Lipinski definition) is 1. The van der Waals surface area contributed by atoms with Crippen molar-refractivity contribution in [3.05, 3.63) is 120 Å². The molecule has 46 heavy (non-hydrogen) atoms. The molecule has 0 spiro atoms. The Hall–Kier alpha value is -3.88. The molecular weight excluding hydrogens is 581 g/mol. The molecule has 0 aliphatic carbocycles. The predicted molar refractivity (Wildman–Crippen MR) is 202 cm³/mol. The summed E-state index contributed by atoms with van der Waals surface area (Å²) in [6, 6.07) is 36.0. The van der Waals surface area contributed by atoms with Crippen molar-refractivity contribution in [3.63, 3.8) is 0 Å². The molecule has 0 aromatic heterocycles. The Labute approximate surface area is 278 Å². The molecule has 1 amide bonds. The summed E-state index contributed by atoms with van der Waals surface area (Å²) in [5, 5.41) is 5.85. The van der Waals surface area contributed by atoms with E-state index in [9.17, 15) is 4.79 Å². The maximum Gasteiger partial charge on any atom is 0.238 e. The second kappa shape index (κ2) is 16.6. The highest BCUT2D eigenvalue weighted by Crippen LogP contribution is 2.36. The molecule has 240 valence electrons. The standard InChI is InChI=1S/C41H50N3OP/c1-28(2)33-22-24-34(25-23-33)44-41(45)39(32(8)43-40-37(29(3)4)20-15-21-38(40)30(5)6)31(7)42-26-27-46(35-16-11-9-12-17-35)36-18-13-10-14-19-36/h9-25,28-30,39H,26-27H2,1-8H3,(H,44,45)/t39-/m1/s1. The monoisotopic (exact) mass is 631 g/mol. The largest absolute Gasteiger partial charge is 0.325 e. The molecule has 4 aromatic rings. The lowest BCUT2D eigenvalue weighted by Crippen LogP contribution is -2.34. The van der Waals surface area contributed by atoms with E-state index >= 15 is 0 Å². The van der Waals surface area contributed by atoms with Crippen molar-refractivity contribution in [3.8, 4) is 0 Å². The Morgan fingerprint density at radius 3 is 1.65 bits per heavy atom. The van der Waals surface area contributed by atoms with Crippen molar-refractivity contribution in [2.45, 2.75) is 73.1 Å². The molecule has 0 fully saturated rings. The van der Waals surface area contributed by atoms with E-state index < -0.39 is 13.8 Å². The van der Waals surface area contributed by atoms with Crippen molar-refractivity contribution in [2.75, 3.05) is 18.0 Å². The van der Waals surface area contributed by atoms with Gasteiger partial charge in [0.2, 0.25) is 5.91 Å². The lowest BCUT2D eigenvalue weighted by Gasteiger charge is -2.21. The highest BCUT2D eigenvalue weighted by atomic mass is 31.1. The average molecular weight is 632 g/mol. The van der Waals surface area contributed by atoms with Crippen LogP contribution in [0.3, 0.4) is 0 Å². The van der Waals surface area contributed by atoms with Crippen LogP contribution in [0.15, 0.2) is 113 Å². The molecule has 1 N–H and O–H groups in total. The molecule has 0 aliphatic heterocycles. The number of carbonyl (C=O) groups is 1. The lowest BCUT2D eigenvalue weighted by molar-refractivity contribution is -0.116. The number of rotatable bonds is 13. The van der Waals surface area contributed by atoms with Crippen LogP contribution in [0.25, 0.3) is 0 Å². The topological polar surface area (TPSA) is 53.8 Å². The normalized spacial score (nSPS) is 13.1. The molecule has 5 heteroatoms. The number of amides is 1. The zero-order valence-corrected chi connectivity index (χ0v) is 29.7. The minimum atomic E-state index is -0.593. The Bertz CT molecular complexity index is 1560. The third-order valence-electron chi connectivity index (χ3n) is 8.39. The third-order valence-corrected chi connectivity index (χ3v) is 10.9. The van der Waals surface area contributed by atoms with Crippen molar-refractivity contribution in [1.29, 1.82) is 0 Å². The summed E-state index contributed by atoms with van der Waals surface area (Å²) >= 11 is 0. The van der Waals surface area contributed by atoms with Gasteiger partial charge >= 0.3 is 0 Å². The van der Waals surface area contributed by atoms with Gasteiger partial charge < -0.3 is 5.32 Å². The van der Waals surface area contributed by atoms with Gasteiger partial charge in [0, 0.05) is 23.7 Å². The molecule has 4 aromatic carbocycles. The number of nitrogens with one attached hydrogen (secondary N) is 1. The van der Waals surface area contributed by atoms with Gasteiger partial charge in [-0.1, -0.05) is 133 Å². The van der Waals surface area contributed by atoms with E-state index in [0.29, 0.717) is 24.3 Å². The third kappa shape index (κ3) is 9.10. The number of anilines is 1. The molecule has 4 nitrogen and oxygen atoms in total. The number of hydrogen-bond acceptors (Lipinski definition) is 3. The fourth-order valence-corrected chi connectivity index (χ4v) is 7.95. The molecule has 4 rings (SSSR count). The van der Waals surface area contributed by atoms with Crippen LogP contribution in [-0.4, -0.2) is 30.0 Å². The number of nitrogens with zero attached hydrogens (tertiary/aromatic N) is 2. The van der Waals surface area contributed by atoms with Gasteiger partial charge in [-0.05, 0) is 85.1 Å². The Balaban J connectivity index is 1.69. The Morgan fingerprint density at radius 1 is 0.652 bits per heavy atom. The molecule has 0 radical (unpaired) electrons. The van der Waals surface area contributed by atoms with Crippen LogP contribution in [0.5, 0.6) is 0 Å². The van der Waals surface area contributed by atoms with E-state index in [-0.39, 0.29) is 5.91 Å². The van der Waals surface area contributed by atoms with Gasteiger partial charge in [-0.15, -0.1) is 0 Å². The second-order valence-electron chi connectivity index (χ2n) is 12.9. The maximum absolute atomic E-state index is 14.1. The first-order valence-electron chi connectivity index (χ1n) is 16.5. The number of carbonyl (C=O) groups excluding carboxylic acids is 1. The molecule has 0 saturated carbocycles. The summed E-state index contributed by atoms with van der Waals surface area (Å²) in [4.78, 5) is 24.4. The second-order valence-corrected chi connectivity index (χ2v) is 15.2. The van der Waals surface area contributed by atoms with E-state index in [4.69, 9.17) is 9.98 Å². The molecule has 1 atom stereocenters. The van der Waals surface area contributed by atoms with Crippen LogP contribution in [0.1, 0.15) is 89.8 Å². The summed E-state index contributed by atoms with van der Waals surface area (Å²) in [7, 11) is -0.581. The molecule has 0 saturated heterocycles. The van der Waals surface area contributed by atoms with Crippen molar-refractivity contribution < 1.29 is 4.79 Å². The molecule has 0 unspecified atom stereocenters. The molecule has 0 bridgehead atoms. The maximum atomic E-state index is 14.1. The molecule has 0 aliphatic rings. The van der Waals surface area contributed by atoms with E-state index in [2.05, 4.69) is 138 Å². The highest BCUT2D eigenvalue weighted by molar-refractivity contribution is 7.73. The highest BCUT2D eigenvalue weighted by Gasteiger charge is 2.26. The van der Waals surface area contributed by atoms with Gasteiger partial charge in [0.05, 0.1) is 5.69 Å². The van der Waals surface area contributed by atoms with Gasteiger partial charge in [0.25, 0.3) is 0 Å². The van der Waals surface area contributed by atoms with Crippen molar-refractivity contribution >= 4 is 47.2 Å². The van der Waals surface area contributed by atoms with E-state index in [1.165, 1.54) is 27.3 Å². The van der Waals surface area contributed by atoms with Crippen LogP contribution in [-0.2, 0) is 4.79 Å². The van der Waals surface area contributed by atoms with Crippen LogP contribution in [0.2, 0.25) is 0 Å². The first kappa shape index (κ1) is 35.0. The van der Waals surface area contributed by atoms with Crippen molar-refractivity contribution in [2.24, 2.45) is 15.9 Å². The van der Waals surface area contributed by atoms with Crippen LogP contribution < -0.4 is 15.9 Å². The van der Waals surface area contributed by atoms with E-state index in [0.717, 1.165) is 29.0 Å². The van der Waals surface area contributed by atoms with E-state index in [1.54, 1.807) is 0 Å². The lowest BCUT2D eigenvalue weighted by atomic mass is 9.92. The van der Waals surface area contributed by atoms with Gasteiger partial charge in [-0.2, -0.15) is 0 Å². The fourth-order valence-electron chi connectivity index (χ4n) is 5.77. The molecule has 0 heterocycles. The number of aliphatic imine (C=N–C) groups is 2. The zero-order valence-electron chi connectivity index (χ0n) is 28.8. The smallest absolute Gasteiger partial charge is 0.238 e. The number of para-hydroxylation sites is 1. The van der Waals surface area contributed by atoms with E-state index in [1.807, 2.05) is 26.0 Å². The quantitative estimate of drug-likeness (QED) is 0.116. The first-order valence-corrected chi connectivity index (χ1v) is 18.1. The fraction of sp³-hybridized carbons (Fsp3) is 0.341. The summed E-state index contributed by atoms with van der Waals surface area (Å²) in [5.74, 6) is 0.338. The Morgan fingerprint density at radius 2 is 1.17 bits per heavy atom. The summed E-state index contributed by atoms with van der Waals surface area (Å²) < 4.78 is 0. The van der Waals surface area contributed by atoms with Gasteiger partial charge in [0.15, 0.2) is 0 Å². The summed E-state index contributed by atoms with van der Waals surface area (Å²) in [6.07, 6.45) is 0.898. The predicted octanol–water partition coefficient (Wildman–Crippen LogP) is 10.00. The zero-order chi connectivity index (χ0) is 33.2. The average Bonchev–Trinajstić information content (AvgIpc) is 3.04. The van der Waals surface area contributed by atoms with Gasteiger partial charge in [-0.3, -0.25) is 14.8 Å². The number of benzene rings is 4.